The van der Waals surface area contributed by atoms with Crippen LogP contribution in [-0.4, -0.2) is 83.4 Å². The van der Waals surface area contributed by atoms with Gasteiger partial charge in [-0.2, -0.15) is 0 Å². The molecule has 404 valence electrons. The normalized spacial score (nSPS) is 20.0. The predicted octanol–water partition coefficient (Wildman–Crippen LogP) is 9.80. The molecule has 0 bridgehead atoms. The second-order valence-electron chi connectivity index (χ2n) is 20.5. The third-order valence-electron chi connectivity index (χ3n) is 13.8. The number of nitrogens with one attached hydrogen (secondary N) is 4. The van der Waals surface area contributed by atoms with Crippen LogP contribution in [0.15, 0.2) is 194 Å². The number of hydrogen-bond donors (Lipinski definition) is 4. The van der Waals surface area contributed by atoms with Crippen LogP contribution in [-0.2, 0) is 47.7 Å². The highest BCUT2D eigenvalue weighted by Gasteiger charge is 2.49. The fraction of sp³-hybridized carbons (Fsp3) is 0.312. The van der Waals surface area contributed by atoms with E-state index in [1.807, 2.05) is 158 Å². The summed E-state index contributed by atoms with van der Waals surface area (Å²) in [5.74, 6) is -3.62. The first-order valence-corrected chi connectivity index (χ1v) is 28.5. The summed E-state index contributed by atoms with van der Waals surface area (Å²) in [5, 5.41) is 11.3. The van der Waals surface area contributed by atoms with Gasteiger partial charge in [-0.05, 0) is 78.7 Å². The van der Waals surface area contributed by atoms with Crippen molar-refractivity contribution >= 4 is 58.9 Å². The molecule has 1 unspecified atom stereocenters. The van der Waals surface area contributed by atoms with E-state index in [2.05, 4.69) is 57.7 Å². The Kier molecular flexibility index (Phi) is 19.3. The Morgan fingerprint density at radius 1 is 0.615 bits per heavy atom. The molecule has 2 fully saturated rings. The van der Waals surface area contributed by atoms with Crippen molar-refractivity contribution in [2.45, 2.75) is 92.2 Å². The van der Waals surface area contributed by atoms with Crippen LogP contribution >= 0.6 is 23.5 Å². The first-order valence-electron chi connectivity index (χ1n) is 26.6. The van der Waals surface area contributed by atoms with Crippen molar-refractivity contribution in [1.29, 1.82) is 0 Å². The zero-order valence-electron chi connectivity index (χ0n) is 44.4. The molecule has 8 rings (SSSR count). The number of rotatable bonds is 17. The third-order valence-corrected chi connectivity index (χ3v) is 17.0. The molecule has 6 aromatic carbocycles. The highest BCUT2D eigenvalue weighted by Crippen LogP contribution is 2.50. The van der Waals surface area contributed by atoms with Crippen LogP contribution in [0.25, 0.3) is 0 Å². The number of Topliss-reactive ketones (excluding diaryl/α,β-unsaturated/α-hetero) is 1. The van der Waals surface area contributed by atoms with Gasteiger partial charge in [0.2, 0.25) is 23.4 Å². The quantitative estimate of drug-likeness (QED) is 0.0299. The van der Waals surface area contributed by atoms with Gasteiger partial charge in [-0.15, -0.1) is 23.5 Å². The minimum Gasteiger partial charge on any atom is -0.460 e. The van der Waals surface area contributed by atoms with E-state index in [9.17, 15) is 28.8 Å². The second-order valence-corrected chi connectivity index (χ2v) is 23.1. The molecule has 4 amide bonds. The maximum atomic E-state index is 14.9. The lowest BCUT2D eigenvalue weighted by atomic mass is 9.84. The molecule has 0 aromatic heterocycles. The number of benzene rings is 6. The van der Waals surface area contributed by atoms with E-state index in [4.69, 9.17) is 9.47 Å². The molecule has 12 nitrogen and oxygen atoms in total. The number of esters is 1. The molecular formula is C64H68N4O8S2. The highest BCUT2D eigenvalue weighted by atomic mass is 32.2. The van der Waals surface area contributed by atoms with Gasteiger partial charge < -0.3 is 30.7 Å². The van der Waals surface area contributed by atoms with Gasteiger partial charge >= 0.3 is 5.97 Å². The van der Waals surface area contributed by atoms with Crippen LogP contribution in [0, 0.1) is 5.92 Å². The van der Waals surface area contributed by atoms with E-state index in [-0.39, 0.29) is 56.8 Å². The van der Waals surface area contributed by atoms with Crippen LogP contribution in [0.2, 0.25) is 0 Å². The van der Waals surface area contributed by atoms with Crippen molar-refractivity contribution in [1.82, 2.24) is 21.3 Å². The van der Waals surface area contributed by atoms with Crippen molar-refractivity contribution in [2.24, 2.45) is 5.92 Å². The Balaban J connectivity index is 1.09. The first kappa shape index (κ1) is 56.9. The molecule has 4 atom stereocenters. The summed E-state index contributed by atoms with van der Waals surface area (Å²) >= 11 is 3.21. The van der Waals surface area contributed by atoms with E-state index in [0.29, 0.717) is 12.2 Å². The smallest absolute Gasteiger partial charge is 0.306 e. The van der Waals surface area contributed by atoms with E-state index in [0.717, 1.165) is 33.4 Å². The van der Waals surface area contributed by atoms with E-state index < -0.39 is 68.4 Å². The van der Waals surface area contributed by atoms with Gasteiger partial charge in [0.15, 0.2) is 5.78 Å². The zero-order chi connectivity index (χ0) is 55.0. The molecule has 2 heterocycles. The molecule has 0 radical (unpaired) electrons. The van der Waals surface area contributed by atoms with Crippen LogP contribution in [0.1, 0.15) is 92.7 Å². The summed E-state index contributed by atoms with van der Waals surface area (Å²) < 4.78 is 10.0. The van der Waals surface area contributed by atoms with Gasteiger partial charge in [0.1, 0.15) is 17.7 Å². The summed E-state index contributed by atoms with van der Waals surface area (Å²) in [7, 11) is 0. The number of amides is 4. The van der Waals surface area contributed by atoms with E-state index in [1.165, 1.54) is 11.8 Å². The van der Waals surface area contributed by atoms with Gasteiger partial charge in [0, 0.05) is 31.4 Å². The summed E-state index contributed by atoms with van der Waals surface area (Å²) in [6.07, 6.45) is 3.84. The first-order chi connectivity index (χ1) is 37.7. The molecule has 4 N–H and O–H groups in total. The van der Waals surface area contributed by atoms with Crippen molar-refractivity contribution in [3.63, 3.8) is 0 Å². The SMILES string of the molecule is CC(C)(C)OC(=O)CC[C@H]1NC(=O)C[C@H](C=CCCSC(c2ccccc2)(c2ccccc2)c2ccccc2)CC(=O)CNC(=O)C2(CCO2)NC(=O)[C@H](CSC(c2ccccc2)(c2ccccc2)c2ccccc2)NC1=O. The topological polar surface area (TPSA) is 169 Å². The molecule has 6 aromatic rings. The number of thioether (sulfide) groups is 2. The number of ether oxygens (including phenoxy) is 2. The Bertz CT molecular complexity index is 2800. The fourth-order valence-corrected chi connectivity index (χ4v) is 13.0. The van der Waals surface area contributed by atoms with Gasteiger partial charge in [-0.3, -0.25) is 28.8 Å². The third kappa shape index (κ3) is 14.1. The van der Waals surface area contributed by atoms with Crippen LogP contribution in [0.3, 0.4) is 0 Å². The number of carbonyl (C=O) groups excluding carboxylic acids is 6. The minimum atomic E-state index is -1.81. The lowest BCUT2D eigenvalue weighted by Gasteiger charge is -2.41. The van der Waals surface area contributed by atoms with Gasteiger partial charge in [0.05, 0.1) is 22.6 Å². The summed E-state index contributed by atoms with van der Waals surface area (Å²) in [4.78, 5) is 85.2. The monoisotopic (exact) mass is 1080 g/mol. The number of carbonyl (C=O) groups is 6. The number of allylic oxidation sites excluding steroid dienone is 2. The van der Waals surface area contributed by atoms with Crippen LogP contribution < -0.4 is 21.3 Å². The summed E-state index contributed by atoms with van der Waals surface area (Å²) in [6, 6.07) is 58.2. The standard InChI is InChI=1S/C64H68N4O8S2/c1-61(2,3)76-57(71)38-37-54-58(72)67-55(45-78-64(50-31-16-7-17-32-50,51-33-18-8-19-34-51)52-35-20-9-21-36-52)59(73)68-62(39-40-75-62)60(74)65-44-53(69)42-46(43-56(70)66-54)24-22-23-41-77-63(47-25-10-4-11-26-47,48-27-12-5-13-28-48)49-29-14-6-15-30-49/h4-22,24-36,46,54-55H,23,37-45H2,1-3H3,(H,65,74)(H,66,70)(H,67,72)(H,68,73)/t46-,54-,55+,62?/m1/s1. The zero-order valence-corrected chi connectivity index (χ0v) is 46.0. The number of hydrogen-bond acceptors (Lipinski definition) is 10. The second kappa shape index (κ2) is 26.4. The van der Waals surface area contributed by atoms with E-state index >= 15 is 0 Å². The fourth-order valence-electron chi connectivity index (χ4n) is 10.0. The molecule has 2 aliphatic rings. The Morgan fingerprint density at radius 3 is 1.49 bits per heavy atom. The average Bonchev–Trinajstić information content (AvgIpc) is 3.52. The minimum absolute atomic E-state index is 0.0342. The van der Waals surface area contributed by atoms with Crippen molar-refractivity contribution < 1.29 is 38.2 Å². The molecule has 0 aliphatic carbocycles. The van der Waals surface area contributed by atoms with E-state index in [1.54, 1.807) is 32.5 Å². The molecule has 2 aliphatic heterocycles. The molecule has 0 saturated carbocycles. The maximum Gasteiger partial charge on any atom is 0.306 e. The molecule has 78 heavy (non-hydrogen) atoms. The molecular weight excluding hydrogens is 1020 g/mol. The summed E-state index contributed by atoms with van der Waals surface area (Å²) in [5.41, 5.74) is 3.51. The highest BCUT2D eigenvalue weighted by molar-refractivity contribution is 8.00. The van der Waals surface area contributed by atoms with Crippen molar-refractivity contribution in [2.75, 3.05) is 24.7 Å². The lowest BCUT2D eigenvalue weighted by molar-refractivity contribution is -0.190. The maximum absolute atomic E-state index is 14.9. The van der Waals surface area contributed by atoms with Gasteiger partial charge in [-0.1, -0.05) is 194 Å². The number of ketones is 1. The Hall–Kier alpha value is -7.26. The molecule has 1 spiro atoms. The Labute approximate surface area is 466 Å². The van der Waals surface area contributed by atoms with Crippen LogP contribution in [0.5, 0.6) is 0 Å². The van der Waals surface area contributed by atoms with Gasteiger partial charge in [0.25, 0.3) is 5.91 Å². The predicted molar refractivity (Wildman–Crippen MR) is 308 cm³/mol. The Morgan fingerprint density at radius 2 is 1.06 bits per heavy atom. The van der Waals surface area contributed by atoms with Crippen molar-refractivity contribution in [3.8, 4) is 0 Å². The largest absolute Gasteiger partial charge is 0.460 e. The summed E-state index contributed by atoms with van der Waals surface area (Å²) in [6.45, 7) is 5.01. The average molecular weight is 1090 g/mol. The van der Waals surface area contributed by atoms with Crippen molar-refractivity contribution in [3.05, 3.63) is 228 Å². The molecule has 2 saturated heterocycles. The van der Waals surface area contributed by atoms with Gasteiger partial charge in [-0.25, -0.2) is 0 Å². The van der Waals surface area contributed by atoms with Crippen LogP contribution in [0.4, 0.5) is 0 Å². The lowest BCUT2D eigenvalue weighted by Crippen LogP contribution is -2.69. The molecule has 14 heteroatoms.